The maximum absolute atomic E-state index is 12.1. The Morgan fingerprint density at radius 2 is 2.08 bits per heavy atom. The fourth-order valence-electron chi connectivity index (χ4n) is 2.42. The van der Waals surface area contributed by atoms with Crippen LogP contribution in [0.1, 0.15) is 10.5 Å². The van der Waals surface area contributed by atoms with E-state index in [2.05, 4.69) is 15.6 Å². The van der Waals surface area contributed by atoms with E-state index in [0.29, 0.717) is 24.6 Å². The van der Waals surface area contributed by atoms with Crippen LogP contribution >= 0.6 is 0 Å². The summed E-state index contributed by atoms with van der Waals surface area (Å²) in [6.45, 7) is 1.01. The van der Waals surface area contributed by atoms with Gasteiger partial charge in [0.15, 0.2) is 11.5 Å². The third-order valence-corrected chi connectivity index (χ3v) is 3.59. The zero-order valence-electron chi connectivity index (χ0n) is 12.7. The number of rotatable bonds is 5. The summed E-state index contributed by atoms with van der Waals surface area (Å²) < 4.78 is 12.1. The molecular formula is C17H14N4O3. The fraction of sp³-hybridized carbons (Fsp3) is 0.118. The first-order valence-corrected chi connectivity index (χ1v) is 7.50. The third kappa shape index (κ3) is 2.79. The van der Waals surface area contributed by atoms with Crippen molar-refractivity contribution < 1.29 is 13.7 Å². The third-order valence-electron chi connectivity index (χ3n) is 3.59. The quantitative estimate of drug-likeness (QED) is 0.610. The normalized spacial score (nSPS) is 11.0. The van der Waals surface area contributed by atoms with Gasteiger partial charge in [0.25, 0.3) is 5.91 Å². The van der Waals surface area contributed by atoms with Gasteiger partial charge in [0.1, 0.15) is 0 Å². The van der Waals surface area contributed by atoms with Gasteiger partial charge in [0.05, 0.1) is 18.3 Å². The molecule has 0 bridgehead atoms. The number of hydrogen-bond donors (Lipinski definition) is 1. The standard InChI is InChI=1S/C17H14N4O3/c22-17(14-10-16(24-20-14)15-6-3-9-23-15)18-7-8-21-11-12-4-1-2-5-13(12)19-21/h1-6,9-11H,7-8H2,(H,18,22). The van der Waals surface area contributed by atoms with E-state index in [9.17, 15) is 4.79 Å². The molecule has 120 valence electrons. The molecule has 1 aromatic carbocycles. The van der Waals surface area contributed by atoms with Crippen LogP contribution in [0.2, 0.25) is 0 Å². The fourth-order valence-corrected chi connectivity index (χ4v) is 2.42. The number of fused-ring (bicyclic) bond motifs is 1. The first-order chi connectivity index (χ1) is 11.8. The van der Waals surface area contributed by atoms with Crippen LogP contribution in [-0.2, 0) is 6.54 Å². The molecule has 1 amide bonds. The van der Waals surface area contributed by atoms with Crippen molar-refractivity contribution in [3.8, 4) is 11.5 Å². The van der Waals surface area contributed by atoms with Gasteiger partial charge in [0.2, 0.25) is 5.76 Å². The van der Waals surface area contributed by atoms with E-state index in [1.165, 1.54) is 6.26 Å². The molecule has 3 aromatic heterocycles. The first kappa shape index (κ1) is 14.3. The van der Waals surface area contributed by atoms with Crippen LogP contribution in [0.4, 0.5) is 0 Å². The van der Waals surface area contributed by atoms with E-state index in [0.717, 1.165) is 10.9 Å². The molecule has 0 saturated heterocycles. The number of furan rings is 1. The highest BCUT2D eigenvalue weighted by Gasteiger charge is 2.14. The largest absolute Gasteiger partial charge is 0.461 e. The smallest absolute Gasteiger partial charge is 0.273 e. The van der Waals surface area contributed by atoms with Crippen molar-refractivity contribution in [1.29, 1.82) is 0 Å². The van der Waals surface area contributed by atoms with Crippen molar-refractivity contribution >= 4 is 16.8 Å². The van der Waals surface area contributed by atoms with E-state index >= 15 is 0 Å². The molecule has 7 nitrogen and oxygen atoms in total. The first-order valence-electron chi connectivity index (χ1n) is 7.50. The van der Waals surface area contributed by atoms with Gasteiger partial charge in [-0.15, -0.1) is 0 Å². The zero-order valence-corrected chi connectivity index (χ0v) is 12.7. The lowest BCUT2D eigenvalue weighted by atomic mass is 10.3. The average Bonchev–Trinajstić information content (AvgIpc) is 3.33. The van der Waals surface area contributed by atoms with E-state index in [-0.39, 0.29) is 11.6 Å². The van der Waals surface area contributed by atoms with Gasteiger partial charge in [0, 0.05) is 24.2 Å². The summed E-state index contributed by atoms with van der Waals surface area (Å²) >= 11 is 0. The van der Waals surface area contributed by atoms with E-state index in [1.807, 2.05) is 35.1 Å². The second-order valence-electron chi connectivity index (χ2n) is 5.26. The van der Waals surface area contributed by atoms with Crippen molar-refractivity contribution in [3.05, 3.63) is 60.6 Å². The molecule has 0 aliphatic carbocycles. The lowest BCUT2D eigenvalue weighted by molar-refractivity contribution is 0.0943. The number of aromatic nitrogens is 3. The van der Waals surface area contributed by atoms with Crippen molar-refractivity contribution in [2.24, 2.45) is 0 Å². The van der Waals surface area contributed by atoms with Crippen LogP contribution in [0.25, 0.3) is 22.4 Å². The summed E-state index contributed by atoms with van der Waals surface area (Å²) in [7, 11) is 0. The van der Waals surface area contributed by atoms with Gasteiger partial charge in [-0.3, -0.25) is 9.48 Å². The highest BCUT2D eigenvalue weighted by atomic mass is 16.5. The second-order valence-corrected chi connectivity index (χ2v) is 5.26. The summed E-state index contributed by atoms with van der Waals surface area (Å²) in [6, 6.07) is 12.9. The Balaban J connectivity index is 1.36. The lowest BCUT2D eigenvalue weighted by Gasteiger charge is -2.02. The molecule has 0 radical (unpaired) electrons. The Morgan fingerprint density at radius 3 is 2.92 bits per heavy atom. The zero-order chi connectivity index (χ0) is 16.4. The molecule has 0 fully saturated rings. The number of nitrogens with one attached hydrogen (secondary N) is 1. The van der Waals surface area contributed by atoms with Gasteiger partial charge in [-0.2, -0.15) is 5.10 Å². The molecule has 0 atom stereocenters. The summed E-state index contributed by atoms with van der Waals surface area (Å²) in [6.07, 6.45) is 3.48. The molecule has 0 unspecified atom stereocenters. The van der Waals surface area contributed by atoms with Crippen LogP contribution in [0.3, 0.4) is 0 Å². The van der Waals surface area contributed by atoms with Gasteiger partial charge < -0.3 is 14.3 Å². The van der Waals surface area contributed by atoms with E-state index in [1.54, 1.807) is 18.2 Å². The summed E-state index contributed by atoms with van der Waals surface area (Å²) in [5.41, 5.74) is 1.15. The van der Waals surface area contributed by atoms with Gasteiger partial charge in [-0.1, -0.05) is 23.4 Å². The summed E-state index contributed by atoms with van der Waals surface area (Å²) in [5.74, 6) is 0.654. The predicted molar refractivity (Wildman–Crippen MR) is 86.3 cm³/mol. The Kier molecular flexibility index (Phi) is 3.59. The molecule has 1 N–H and O–H groups in total. The molecule has 0 saturated carbocycles. The highest BCUT2D eigenvalue weighted by molar-refractivity contribution is 5.92. The maximum Gasteiger partial charge on any atom is 0.273 e. The maximum atomic E-state index is 12.1. The molecule has 4 aromatic rings. The predicted octanol–water partition coefficient (Wildman–Crippen LogP) is 2.71. The minimum atomic E-state index is -0.298. The number of nitrogens with zero attached hydrogens (tertiary/aromatic N) is 3. The molecule has 3 heterocycles. The Bertz CT molecular complexity index is 936. The highest BCUT2D eigenvalue weighted by Crippen LogP contribution is 2.20. The van der Waals surface area contributed by atoms with Crippen LogP contribution in [0.15, 0.2) is 63.9 Å². The second kappa shape index (κ2) is 6.04. The van der Waals surface area contributed by atoms with Gasteiger partial charge in [-0.25, -0.2) is 0 Å². The SMILES string of the molecule is O=C(NCCn1cc2ccccc2n1)c1cc(-c2ccco2)on1. The van der Waals surface area contributed by atoms with Crippen molar-refractivity contribution in [2.45, 2.75) is 6.54 Å². The molecular weight excluding hydrogens is 308 g/mol. The molecule has 0 spiro atoms. The van der Waals surface area contributed by atoms with Crippen molar-refractivity contribution in [3.63, 3.8) is 0 Å². The minimum absolute atomic E-state index is 0.215. The minimum Gasteiger partial charge on any atom is -0.461 e. The van der Waals surface area contributed by atoms with Crippen LogP contribution < -0.4 is 5.32 Å². The number of hydrogen-bond acceptors (Lipinski definition) is 5. The number of carbonyl (C=O) groups is 1. The van der Waals surface area contributed by atoms with Crippen LogP contribution in [-0.4, -0.2) is 27.4 Å². The van der Waals surface area contributed by atoms with Crippen LogP contribution in [0.5, 0.6) is 0 Å². The van der Waals surface area contributed by atoms with Gasteiger partial charge >= 0.3 is 0 Å². The Morgan fingerprint density at radius 1 is 1.17 bits per heavy atom. The Labute approximate surface area is 136 Å². The molecule has 0 aliphatic heterocycles. The van der Waals surface area contributed by atoms with Crippen molar-refractivity contribution in [1.82, 2.24) is 20.3 Å². The summed E-state index contributed by atoms with van der Waals surface area (Å²) in [5, 5.41) is 12.1. The van der Waals surface area contributed by atoms with Crippen LogP contribution in [0, 0.1) is 0 Å². The number of amides is 1. The summed E-state index contributed by atoms with van der Waals surface area (Å²) in [4.78, 5) is 12.1. The lowest BCUT2D eigenvalue weighted by Crippen LogP contribution is -2.27. The Hall–Kier alpha value is -3.35. The molecule has 24 heavy (non-hydrogen) atoms. The van der Waals surface area contributed by atoms with Crippen molar-refractivity contribution in [2.75, 3.05) is 6.54 Å². The number of benzene rings is 1. The average molecular weight is 322 g/mol. The molecule has 7 heteroatoms. The molecule has 4 rings (SSSR count). The number of carbonyl (C=O) groups excluding carboxylic acids is 1. The topological polar surface area (TPSA) is 86.1 Å². The molecule has 0 aliphatic rings. The van der Waals surface area contributed by atoms with Gasteiger partial charge in [-0.05, 0) is 18.2 Å². The van der Waals surface area contributed by atoms with E-state index in [4.69, 9.17) is 8.94 Å². The monoisotopic (exact) mass is 322 g/mol. The van der Waals surface area contributed by atoms with E-state index < -0.39 is 0 Å².